The van der Waals surface area contributed by atoms with Gasteiger partial charge in [-0.2, -0.15) is 0 Å². The zero-order valence-corrected chi connectivity index (χ0v) is 16.9. The third-order valence-electron chi connectivity index (χ3n) is 5.40. The highest BCUT2D eigenvalue weighted by Gasteiger charge is 2.28. The monoisotopic (exact) mass is 422 g/mol. The summed E-state index contributed by atoms with van der Waals surface area (Å²) in [5.41, 5.74) is 2.32. The Labute approximate surface area is 179 Å². The summed E-state index contributed by atoms with van der Waals surface area (Å²) in [6, 6.07) is 13.7. The first kappa shape index (κ1) is 20.6. The highest BCUT2D eigenvalue weighted by molar-refractivity contribution is 5.93. The number of nitrogens with zero attached hydrogens (tertiary/aromatic N) is 5. The van der Waals surface area contributed by atoms with Gasteiger partial charge in [0.2, 0.25) is 11.8 Å². The molecule has 31 heavy (non-hydrogen) atoms. The third kappa shape index (κ3) is 5.30. The van der Waals surface area contributed by atoms with Crippen LogP contribution in [0, 0.1) is 11.7 Å². The molecule has 1 fully saturated rings. The molecule has 1 aliphatic rings. The van der Waals surface area contributed by atoms with Gasteiger partial charge in [0.05, 0.1) is 12.5 Å². The van der Waals surface area contributed by atoms with E-state index in [1.807, 2.05) is 18.2 Å². The number of halogens is 1. The predicted molar refractivity (Wildman–Crippen MR) is 112 cm³/mol. The lowest BCUT2D eigenvalue weighted by Crippen LogP contribution is -2.44. The maximum Gasteiger partial charge on any atom is 0.229 e. The van der Waals surface area contributed by atoms with Crippen LogP contribution in [-0.4, -0.2) is 50.0 Å². The average Bonchev–Trinajstić information content (AvgIpc) is 3.32. The molecule has 0 bridgehead atoms. The first-order valence-corrected chi connectivity index (χ1v) is 10.2. The van der Waals surface area contributed by atoms with Gasteiger partial charge in [-0.25, -0.2) is 9.07 Å². The van der Waals surface area contributed by atoms with Crippen molar-refractivity contribution in [2.45, 2.75) is 25.8 Å². The number of nitrogens with one attached hydrogen (secondary N) is 1. The number of benzene rings is 2. The van der Waals surface area contributed by atoms with E-state index >= 15 is 0 Å². The Kier molecular flexibility index (Phi) is 6.30. The van der Waals surface area contributed by atoms with Crippen molar-refractivity contribution in [3.05, 3.63) is 60.7 Å². The van der Waals surface area contributed by atoms with Crippen LogP contribution in [0.5, 0.6) is 0 Å². The summed E-state index contributed by atoms with van der Waals surface area (Å²) in [5.74, 6) is -0.651. The molecule has 0 saturated carbocycles. The lowest BCUT2D eigenvalue weighted by Gasteiger charge is -2.32. The molecule has 2 heterocycles. The van der Waals surface area contributed by atoms with Gasteiger partial charge in [0, 0.05) is 25.2 Å². The van der Waals surface area contributed by atoms with Gasteiger partial charge in [-0.1, -0.05) is 24.3 Å². The van der Waals surface area contributed by atoms with Gasteiger partial charge in [-0.05, 0) is 58.7 Å². The molecule has 1 aromatic heterocycles. The van der Waals surface area contributed by atoms with Gasteiger partial charge in [0.25, 0.3) is 0 Å². The van der Waals surface area contributed by atoms with Crippen molar-refractivity contribution in [2.75, 3.05) is 18.4 Å². The van der Waals surface area contributed by atoms with Crippen LogP contribution < -0.4 is 5.32 Å². The number of aryl methyl sites for hydroxylation is 1. The lowest BCUT2D eigenvalue weighted by atomic mass is 9.96. The molecule has 1 saturated heterocycles. The van der Waals surface area contributed by atoms with Crippen LogP contribution in [0.3, 0.4) is 0 Å². The number of aromatic nitrogens is 4. The van der Waals surface area contributed by atoms with Crippen molar-refractivity contribution >= 4 is 17.5 Å². The van der Waals surface area contributed by atoms with Gasteiger partial charge in [-0.15, -0.1) is 5.10 Å². The molecule has 3 aromatic rings. The second kappa shape index (κ2) is 9.46. The van der Waals surface area contributed by atoms with Crippen LogP contribution in [0.25, 0.3) is 11.1 Å². The SMILES string of the molecule is O=C(Nc1ccc(-c2cccc(F)c2)cc1)C1CCCN(C(=O)CCn2cnnn2)C1. The number of amides is 2. The Bertz CT molecular complexity index is 1040. The largest absolute Gasteiger partial charge is 0.342 e. The van der Waals surface area contributed by atoms with E-state index in [4.69, 9.17) is 0 Å². The van der Waals surface area contributed by atoms with Crippen molar-refractivity contribution in [2.24, 2.45) is 5.92 Å². The Morgan fingerprint density at radius 1 is 1.13 bits per heavy atom. The average molecular weight is 422 g/mol. The molecule has 1 N–H and O–H groups in total. The molecular formula is C22H23FN6O2. The van der Waals surface area contributed by atoms with Gasteiger partial charge in [0.1, 0.15) is 12.1 Å². The van der Waals surface area contributed by atoms with Crippen molar-refractivity contribution in [3.63, 3.8) is 0 Å². The Balaban J connectivity index is 1.32. The molecule has 1 unspecified atom stereocenters. The Hall–Kier alpha value is -3.62. The van der Waals surface area contributed by atoms with Gasteiger partial charge in [-0.3, -0.25) is 9.59 Å². The second-order valence-electron chi connectivity index (χ2n) is 7.58. The van der Waals surface area contributed by atoms with Crippen LogP contribution in [0.4, 0.5) is 10.1 Å². The molecule has 4 rings (SSSR count). The molecule has 0 spiro atoms. The zero-order valence-electron chi connectivity index (χ0n) is 16.9. The number of carbonyl (C=O) groups excluding carboxylic acids is 2. The number of carbonyl (C=O) groups is 2. The molecule has 8 nitrogen and oxygen atoms in total. The maximum absolute atomic E-state index is 13.4. The highest BCUT2D eigenvalue weighted by atomic mass is 19.1. The van der Waals surface area contributed by atoms with E-state index in [2.05, 4.69) is 20.8 Å². The Morgan fingerprint density at radius 3 is 2.71 bits per heavy atom. The van der Waals surface area contributed by atoms with E-state index in [1.54, 1.807) is 23.1 Å². The topological polar surface area (TPSA) is 93.0 Å². The molecule has 2 amide bonds. The quantitative estimate of drug-likeness (QED) is 0.659. The summed E-state index contributed by atoms with van der Waals surface area (Å²) in [6.07, 6.45) is 3.29. The number of tetrazole rings is 1. The van der Waals surface area contributed by atoms with E-state index in [0.717, 1.165) is 24.0 Å². The standard InChI is InChI=1S/C22H23FN6O2/c23-19-5-1-3-17(13-19)16-6-8-20(9-7-16)25-22(31)18-4-2-11-28(14-18)21(30)10-12-29-15-24-26-27-29/h1,3,5-9,13,15,18H,2,4,10-12,14H2,(H,25,31). The fourth-order valence-electron chi connectivity index (χ4n) is 3.73. The molecular weight excluding hydrogens is 399 g/mol. The van der Waals surface area contributed by atoms with Crippen LogP contribution in [0.15, 0.2) is 54.9 Å². The number of piperidine rings is 1. The van der Waals surface area contributed by atoms with Crippen molar-refractivity contribution in [1.29, 1.82) is 0 Å². The van der Waals surface area contributed by atoms with Crippen LogP contribution >= 0.6 is 0 Å². The lowest BCUT2D eigenvalue weighted by molar-refractivity contribution is -0.134. The van der Waals surface area contributed by atoms with Gasteiger partial charge >= 0.3 is 0 Å². The highest BCUT2D eigenvalue weighted by Crippen LogP contribution is 2.24. The van der Waals surface area contributed by atoms with Crippen molar-refractivity contribution < 1.29 is 14.0 Å². The van der Waals surface area contributed by atoms with E-state index in [9.17, 15) is 14.0 Å². The van der Waals surface area contributed by atoms with E-state index in [0.29, 0.717) is 31.7 Å². The minimum atomic E-state index is -0.288. The van der Waals surface area contributed by atoms with Crippen molar-refractivity contribution in [3.8, 4) is 11.1 Å². The zero-order chi connectivity index (χ0) is 21.6. The summed E-state index contributed by atoms with van der Waals surface area (Å²) in [5, 5.41) is 13.8. The van der Waals surface area contributed by atoms with Crippen molar-refractivity contribution in [1.82, 2.24) is 25.1 Å². The summed E-state index contributed by atoms with van der Waals surface area (Å²) >= 11 is 0. The molecule has 1 atom stereocenters. The summed E-state index contributed by atoms with van der Waals surface area (Å²) in [7, 11) is 0. The minimum absolute atomic E-state index is 0.00699. The van der Waals surface area contributed by atoms with E-state index in [1.165, 1.54) is 23.1 Å². The molecule has 160 valence electrons. The number of anilines is 1. The first-order chi connectivity index (χ1) is 15.1. The molecule has 0 aliphatic carbocycles. The third-order valence-corrected chi connectivity index (χ3v) is 5.40. The summed E-state index contributed by atoms with van der Waals surface area (Å²) in [4.78, 5) is 27.0. The van der Waals surface area contributed by atoms with Crippen LogP contribution in [-0.2, 0) is 16.1 Å². The number of likely N-dealkylation sites (tertiary alicyclic amines) is 1. The predicted octanol–water partition coefficient (Wildman–Crippen LogP) is 2.75. The normalized spacial score (nSPS) is 16.2. The van der Waals surface area contributed by atoms with Gasteiger partial charge < -0.3 is 10.2 Å². The van der Waals surface area contributed by atoms with Crippen LogP contribution in [0.1, 0.15) is 19.3 Å². The molecule has 1 aliphatic heterocycles. The molecule has 9 heteroatoms. The minimum Gasteiger partial charge on any atom is -0.342 e. The maximum atomic E-state index is 13.4. The van der Waals surface area contributed by atoms with E-state index in [-0.39, 0.29) is 23.5 Å². The smallest absolute Gasteiger partial charge is 0.229 e. The number of hydrogen-bond donors (Lipinski definition) is 1. The fourth-order valence-corrected chi connectivity index (χ4v) is 3.73. The van der Waals surface area contributed by atoms with Crippen LogP contribution in [0.2, 0.25) is 0 Å². The fraction of sp³-hybridized carbons (Fsp3) is 0.318. The summed E-state index contributed by atoms with van der Waals surface area (Å²) < 4.78 is 14.9. The molecule has 2 aromatic carbocycles. The Morgan fingerprint density at radius 2 is 1.97 bits per heavy atom. The molecule has 0 radical (unpaired) electrons. The van der Waals surface area contributed by atoms with Gasteiger partial charge in [0.15, 0.2) is 0 Å². The second-order valence-corrected chi connectivity index (χ2v) is 7.58. The number of rotatable bonds is 6. The number of hydrogen-bond acceptors (Lipinski definition) is 5. The first-order valence-electron chi connectivity index (χ1n) is 10.2. The summed E-state index contributed by atoms with van der Waals surface area (Å²) in [6.45, 7) is 1.47. The van der Waals surface area contributed by atoms with E-state index < -0.39 is 0 Å².